The van der Waals surface area contributed by atoms with Crippen molar-refractivity contribution in [2.45, 2.75) is 248 Å². The predicted molar refractivity (Wildman–Crippen MR) is 389 cm³/mol. The summed E-state index contributed by atoms with van der Waals surface area (Å²) in [6, 6.07) is -9.99. The number of likely N-dealkylation sites (N-methyl/N-ethyl adjacent to an activating group) is 7. The number of carbonyl (C=O) groups is 12. The van der Waals surface area contributed by atoms with Gasteiger partial charge < -0.3 is 69.5 Å². The van der Waals surface area contributed by atoms with Crippen molar-refractivity contribution < 1.29 is 67.0 Å². The number of ether oxygens (including phenoxy) is 2. The molecule has 6 rings (SSSR count). The van der Waals surface area contributed by atoms with Gasteiger partial charge in [-0.1, -0.05) is 106 Å². The third-order valence-electron chi connectivity index (χ3n) is 23.1. The first-order chi connectivity index (χ1) is 48.0. The second kappa shape index (κ2) is 37.7. The molecule has 6 aliphatic rings. The zero-order valence-electron chi connectivity index (χ0n) is 64.1. The average molecular weight is 1470 g/mol. The summed E-state index contributed by atoms with van der Waals surface area (Å²) in [7, 11) is 13.0. The maximum absolute atomic E-state index is 16.0. The minimum Gasteiger partial charge on any atom is -0.382 e. The minimum atomic E-state index is -1.56. The van der Waals surface area contributed by atoms with Gasteiger partial charge in [0.25, 0.3) is 0 Å². The van der Waals surface area contributed by atoms with Gasteiger partial charge in [0.2, 0.25) is 70.9 Å². The Morgan fingerprint density at radius 1 is 0.686 bits per heavy atom. The van der Waals surface area contributed by atoms with Crippen molar-refractivity contribution in [1.82, 2.24) is 60.0 Å². The third-order valence-corrected chi connectivity index (χ3v) is 24.3. The molecular weight excluding hydrogens is 1350 g/mol. The molecule has 28 heteroatoms. The molecule has 102 heavy (non-hydrogen) atoms. The third kappa shape index (κ3) is 20.5. The number of hydrogen-bond donors (Lipinski definition) is 3. The van der Waals surface area contributed by atoms with Crippen LogP contribution in [0.3, 0.4) is 0 Å². The van der Waals surface area contributed by atoms with Crippen LogP contribution in [0.1, 0.15) is 177 Å². The summed E-state index contributed by atoms with van der Waals surface area (Å²) >= 11 is 13.3. The van der Waals surface area contributed by atoms with E-state index in [0.717, 1.165) is 37.0 Å². The van der Waals surface area contributed by atoms with Crippen molar-refractivity contribution in [2.24, 2.45) is 35.0 Å². The smallest absolute Gasteiger partial charge is 0.249 e. The highest BCUT2D eigenvalue weighted by Crippen LogP contribution is 2.53. The Morgan fingerprint density at radius 2 is 1.33 bits per heavy atom. The second-order valence-electron chi connectivity index (χ2n) is 31.2. The maximum atomic E-state index is 16.0. The standard InChI is InChI=1S/C74H122Cl2N12O14/c1-18-46(6)62-70(98)81(11)41-61(91)82(12)54-25-23-22-24-34-87(69(54)97)55(36-48-28-26-45(5)27-29-48)64(92)77-39-59(89)78-53(33-31-47-30-32-51(75)52(76)35-47)66(94)88-40-50(102-21-4)37-57(88)68(96)86(16)74(43-73(7,8)44-74)72(100)85(15)63(49(19-2)20-3)71(99)84(14)56(67(95)80(9)10)38-60(90)83(13)58(42-101-17)65(93)79-62/h22-23,45-58,62-63H,18-21,24-44H2,1-17H3,(H,77,92)(H,78,89)(H,79,93)/b23-22-/t45?,46-,47?,48?,50+,51?,52?,53-,54-,55-,56-,57-,58-,62-,63-/m0/s1. The Balaban J connectivity index is 1.48. The Bertz CT molecular complexity index is 2990. The summed E-state index contributed by atoms with van der Waals surface area (Å²) in [6.07, 6.45) is 10.7. The van der Waals surface area contributed by atoms with Crippen LogP contribution in [0.25, 0.3) is 0 Å². The van der Waals surface area contributed by atoms with Gasteiger partial charge in [-0.25, -0.2) is 0 Å². The SMILES string of the molecule is CCO[C@@H]1C[C@H]2C(=O)N(C)C3(CC(C)(C)C3)C(=O)N(C)[C@@H](C(CC)CC)C(=O)N(C)[C@H](C(=O)N(C)C)CC(=O)N(C)[C@@H](COC)C(=O)N[C@@H]([C@@H](C)CC)C(=O)N(C)CC(=O)N(C)[C@H]3C/C=C\CCN(C3=O)[C@@H](CC3CCC(C)CC3)C(=O)NCC(=O)N[C@@H](CCC3CCC(Cl)C(Cl)C3)C(=O)N2C1. The van der Waals surface area contributed by atoms with Gasteiger partial charge in [-0.15, -0.1) is 23.2 Å². The molecule has 1 spiro atoms. The zero-order valence-corrected chi connectivity index (χ0v) is 65.6. The Morgan fingerprint density at radius 3 is 1.92 bits per heavy atom. The van der Waals surface area contributed by atoms with E-state index in [0.29, 0.717) is 50.9 Å². The van der Waals surface area contributed by atoms with Crippen molar-refractivity contribution in [3.63, 3.8) is 0 Å². The van der Waals surface area contributed by atoms with Gasteiger partial charge in [-0.2, -0.15) is 0 Å². The van der Waals surface area contributed by atoms with Crippen LogP contribution in [0, 0.1) is 35.0 Å². The van der Waals surface area contributed by atoms with Crippen LogP contribution in [0.15, 0.2) is 12.2 Å². The molecule has 5 fully saturated rings. The quantitative estimate of drug-likeness (QED) is 0.143. The lowest BCUT2D eigenvalue weighted by atomic mass is 9.57. The number of methoxy groups -OCH3 is 1. The van der Waals surface area contributed by atoms with Gasteiger partial charge in [0.1, 0.15) is 53.9 Å². The van der Waals surface area contributed by atoms with E-state index in [4.69, 9.17) is 32.7 Å². The summed E-state index contributed by atoms with van der Waals surface area (Å²) in [6.45, 7) is 14.1. The Labute approximate surface area is 616 Å². The predicted octanol–water partition coefficient (Wildman–Crippen LogP) is 5.04. The maximum Gasteiger partial charge on any atom is 0.249 e. The molecule has 2 bridgehead atoms. The van der Waals surface area contributed by atoms with Crippen molar-refractivity contribution in [2.75, 3.05) is 103 Å². The van der Waals surface area contributed by atoms with E-state index in [2.05, 4.69) is 22.9 Å². The molecule has 3 aliphatic carbocycles. The lowest BCUT2D eigenvalue weighted by molar-refractivity contribution is -0.174. The normalized spacial score (nSPS) is 31.6. The van der Waals surface area contributed by atoms with Crippen molar-refractivity contribution >= 4 is 94.1 Å². The monoisotopic (exact) mass is 1470 g/mol. The van der Waals surface area contributed by atoms with Crippen LogP contribution in [0.4, 0.5) is 0 Å². The molecule has 3 saturated carbocycles. The molecule has 0 radical (unpaired) electrons. The number of nitrogens with one attached hydrogen (secondary N) is 3. The molecule has 3 unspecified atom stereocenters. The number of rotatable bonds is 15. The number of hydrogen-bond acceptors (Lipinski definition) is 14. The number of amides is 12. The van der Waals surface area contributed by atoms with Crippen LogP contribution in [-0.2, 0) is 67.0 Å². The molecule has 3 aliphatic heterocycles. The highest BCUT2D eigenvalue weighted by molar-refractivity contribution is 6.30. The van der Waals surface area contributed by atoms with Gasteiger partial charge in [0.05, 0.1) is 37.6 Å². The first kappa shape index (κ1) is 84.8. The average Bonchev–Trinajstić information content (AvgIpc) is 0.935. The molecular formula is C74H122Cl2N12O14. The highest BCUT2D eigenvalue weighted by atomic mass is 35.5. The molecule has 0 aromatic heterocycles. The number of nitrogens with zero attached hydrogens (tertiary/aromatic N) is 9. The fraction of sp³-hybridized carbons (Fsp3) is 0.811. The molecule has 2 saturated heterocycles. The zero-order chi connectivity index (χ0) is 76.0. The molecule has 12 amide bonds. The van der Waals surface area contributed by atoms with E-state index >= 15 is 28.8 Å². The van der Waals surface area contributed by atoms with Gasteiger partial charge in [0, 0.05) is 95.0 Å². The Hall–Kier alpha value is -6.12. The summed E-state index contributed by atoms with van der Waals surface area (Å²) in [5.41, 5.74) is -2.04. The van der Waals surface area contributed by atoms with Crippen molar-refractivity contribution in [1.29, 1.82) is 0 Å². The van der Waals surface area contributed by atoms with E-state index in [1.165, 1.54) is 103 Å². The molecule has 26 nitrogen and oxygen atoms in total. The second-order valence-corrected chi connectivity index (χ2v) is 32.3. The first-order valence-corrected chi connectivity index (χ1v) is 38.2. The number of carbonyl (C=O) groups excluding carboxylic acids is 12. The van der Waals surface area contributed by atoms with E-state index in [1.54, 1.807) is 13.8 Å². The lowest BCUT2D eigenvalue weighted by Crippen LogP contribution is -2.71. The highest BCUT2D eigenvalue weighted by Gasteiger charge is 2.62. The van der Waals surface area contributed by atoms with E-state index in [-0.39, 0.29) is 87.4 Å². The fourth-order valence-electron chi connectivity index (χ4n) is 16.5. The topological polar surface area (TPSA) is 289 Å². The van der Waals surface area contributed by atoms with Gasteiger partial charge in [0.15, 0.2) is 0 Å². The molecule has 0 aromatic rings. The van der Waals surface area contributed by atoms with E-state index in [9.17, 15) is 28.8 Å². The van der Waals surface area contributed by atoms with Crippen LogP contribution < -0.4 is 16.0 Å². The lowest BCUT2D eigenvalue weighted by Gasteiger charge is -2.58. The van der Waals surface area contributed by atoms with Crippen LogP contribution in [-0.4, -0.2) is 289 Å². The number of alkyl halides is 2. The summed E-state index contributed by atoms with van der Waals surface area (Å²) in [5.74, 6) is -8.06. The largest absolute Gasteiger partial charge is 0.382 e. The van der Waals surface area contributed by atoms with Gasteiger partial charge in [-0.3, -0.25) is 57.5 Å². The molecule has 576 valence electrons. The van der Waals surface area contributed by atoms with Crippen LogP contribution >= 0.6 is 23.2 Å². The summed E-state index contributed by atoms with van der Waals surface area (Å²) in [4.78, 5) is 193. The van der Waals surface area contributed by atoms with Gasteiger partial charge >= 0.3 is 0 Å². The first-order valence-electron chi connectivity index (χ1n) is 37.3. The fourth-order valence-corrected chi connectivity index (χ4v) is 17.1. The van der Waals surface area contributed by atoms with E-state index in [1.807, 2.05) is 46.8 Å². The van der Waals surface area contributed by atoms with Crippen LogP contribution in [0.2, 0.25) is 0 Å². The van der Waals surface area contributed by atoms with Crippen molar-refractivity contribution in [3.8, 4) is 0 Å². The van der Waals surface area contributed by atoms with Crippen LogP contribution in [0.5, 0.6) is 0 Å². The molecule has 13 atom stereocenters. The molecule has 3 N–H and O–H groups in total. The molecule has 3 heterocycles. The van der Waals surface area contributed by atoms with E-state index < -0.39 is 168 Å². The van der Waals surface area contributed by atoms with Crippen molar-refractivity contribution in [3.05, 3.63) is 12.2 Å². The minimum absolute atomic E-state index is 0.0342. The number of halogens is 2. The Kier molecular flexibility index (Phi) is 31.4. The number of fused-ring (bicyclic) bond motifs is 3. The summed E-state index contributed by atoms with van der Waals surface area (Å²) < 4.78 is 11.7. The summed E-state index contributed by atoms with van der Waals surface area (Å²) in [5, 5.41) is 8.08. The molecule has 0 aromatic carbocycles. The van der Waals surface area contributed by atoms with Gasteiger partial charge in [-0.05, 0) is 106 Å².